The third-order valence-electron chi connectivity index (χ3n) is 4.09. The van der Waals surface area contributed by atoms with Crippen LogP contribution in [0.1, 0.15) is 40.0 Å². The van der Waals surface area contributed by atoms with Crippen LogP contribution in [0.5, 0.6) is 0 Å². The summed E-state index contributed by atoms with van der Waals surface area (Å²) in [6, 6.07) is 0. The highest BCUT2D eigenvalue weighted by Crippen LogP contribution is 2.36. The molecule has 0 aromatic carbocycles. The molecule has 0 amide bonds. The van der Waals surface area contributed by atoms with Gasteiger partial charge in [-0.2, -0.15) is 0 Å². The van der Waals surface area contributed by atoms with Crippen molar-refractivity contribution >= 4 is 17.7 Å². The molecule has 19 heavy (non-hydrogen) atoms. The van der Waals surface area contributed by atoms with E-state index in [0.29, 0.717) is 23.5 Å². The fourth-order valence-corrected chi connectivity index (χ4v) is 3.79. The number of hydrogen-bond donors (Lipinski definition) is 1. The first-order chi connectivity index (χ1) is 8.97. The van der Waals surface area contributed by atoms with Gasteiger partial charge < -0.3 is 14.6 Å². The van der Waals surface area contributed by atoms with Gasteiger partial charge in [0.2, 0.25) is 5.44 Å². The summed E-state index contributed by atoms with van der Waals surface area (Å²) in [6.07, 6.45) is 2.43. The Kier molecular flexibility index (Phi) is 5.15. The Balaban J connectivity index is 1.92. The lowest BCUT2D eigenvalue weighted by Crippen LogP contribution is -2.38. The molecule has 1 aliphatic carbocycles. The van der Waals surface area contributed by atoms with Gasteiger partial charge in [-0.25, -0.2) is 4.79 Å². The Morgan fingerprint density at radius 2 is 2.16 bits per heavy atom. The van der Waals surface area contributed by atoms with Gasteiger partial charge >= 0.3 is 5.97 Å². The van der Waals surface area contributed by atoms with E-state index in [0.717, 1.165) is 12.8 Å². The van der Waals surface area contributed by atoms with Gasteiger partial charge in [0, 0.05) is 5.75 Å². The number of hydrogen-bond acceptors (Lipinski definition) is 5. The normalized spacial score (nSPS) is 39.5. The summed E-state index contributed by atoms with van der Waals surface area (Å²) in [7, 11) is 0. The van der Waals surface area contributed by atoms with Crippen molar-refractivity contribution in [3.63, 3.8) is 0 Å². The van der Waals surface area contributed by atoms with Crippen LogP contribution in [0.25, 0.3) is 0 Å². The molecule has 5 heteroatoms. The molecule has 1 heterocycles. The Labute approximate surface area is 119 Å². The molecule has 4 nitrogen and oxygen atoms in total. The second-order valence-electron chi connectivity index (χ2n) is 6.06. The molecule has 2 unspecified atom stereocenters. The lowest BCUT2D eigenvalue weighted by Gasteiger charge is -2.37. The third kappa shape index (κ3) is 3.86. The van der Waals surface area contributed by atoms with Crippen molar-refractivity contribution < 1.29 is 19.4 Å². The molecule has 0 aromatic rings. The van der Waals surface area contributed by atoms with Crippen LogP contribution >= 0.6 is 11.8 Å². The van der Waals surface area contributed by atoms with Gasteiger partial charge in [0.25, 0.3) is 0 Å². The summed E-state index contributed by atoms with van der Waals surface area (Å²) in [5, 5.41) is 9.29. The molecule has 0 spiro atoms. The second kappa shape index (κ2) is 6.46. The smallest absolute Gasteiger partial charge is 0.346 e. The van der Waals surface area contributed by atoms with E-state index in [-0.39, 0.29) is 12.1 Å². The highest BCUT2D eigenvalue weighted by molar-refractivity contribution is 8.00. The second-order valence-corrected chi connectivity index (χ2v) is 7.15. The molecule has 2 aliphatic rings. The van der Waals surface area contributed by atoms with E-state index in [4.69, 9.17) is 9.47 Å². The molecule has 0 radical (unpaired) electrons. The summed E-state index contributed by atoms with van der Waals surface area (Å²) < 4.78 is 10.8. The Morgan fingerprint density at radius 3 is 2.74 bits per heavy atom. The van der Waals surface area contributed by atoms with Gasteiger partial charge in [-0.15, -0.1) is 11.8 Å². The number of aliphatic hydroxyl groups excluding tert-OH is 1. The minimum absolute atomic E-state index is 0.00167. The molecule has 1 N–H and O–H groups in total. The van der Waals surface area contributed by atoms with E-state index in [1.807, 2.05) is 0 Å². The van der Waals surface area contributed by atoms with Crippen molar-refractivity contribution in [2.75, 3.05) is 5.75 Å². The first-order valence-corrected chi connectivity index (χ1v) is 8.18. The zero-order valence-electron chi connectivity index (χ0n) is 11.9. The molecule has 0 bridgehead atoms. The lowest BCUT2D eigenvalue weighted by molar-refractivity contribution is -0.172. The zero-order valence-corrected chi connectivity index (χ0v) is 12.7. The Bertz CT molecular complexity index is 321. The van der Waals surface area contributed by atoms with Crippen LogP contribution in [-0.2, 0) is 14.3 Å². The molecule has 0 aromatic heterocycles. The highest BCUT2D eigenvalue weighted by Gasteiger charge is 2.37. The van der Waals surface area contributed by atoms with Crippen molar-refractivity contribution in [2.24, 2.45) is 17.8 Å². The van der Waals surface area contributed by atoms with Gasteiger partial charge in [0.1, 0.15) is 6.10 Å². The van der Waals surface area contributed by atoms with Gasteiger partial charge in [-0.3, -0.25) is 0 Å². The minimum atomic E-state index is -0.839. The predicted molar refractivity (Wildman–Crippen MR) is 74.6 cm³/mol. The quantitative estimate of drug-likeness (QED) is 0.808. The highest BCUT2D eigenvalue weighted by atomic mass is 32.2. The lowest BCUT2D eigenvalue weighted by atomic mass is 9.75. The van der Waals surface area contributed by atoms with E-state index in [9.17, 15) is 9.90 Å². The number of ether oxygens (including phenoxy) is 2. The standard InChI is InChI=1S/C14H24O4S/c1-8(2)10-5-4-9(3)6-11(10)17-13(16)14-18-12(15)7-19-14/h8-12,14-15H,4-7H2,1-3H3/t9?,10?,11-,12-,14+/m1/s1. The van der Waals surface area contributed by atoms with E-state index in [1.165, 1.54) is 18.2 Å². The number of esters is 1. The molecule has 1 saturated heterocycles. The zero-order chi connectivity index (χ0) is 14.0. The monoisotopic (exact) mass is 288 g/mol. The topological polar surface area (TPSA) is 55.8 Å². The summed E-state index contributed by atoms with van der Waals surface area (Å²) >= 11 is 1.31. The van der Waals surface area contributed by atoms with Crippen LogP contribution in [-0.4, -0.2) is 34.7 Å². The Morgan fingerprint density at radius 1 is 1.42 bits per heavy atom. The van der Waals surface area contributed by atoms with Gasteiger partial charge in [-0.05, 0) is 30.6 Å². The molecular formula is C14H24O4S. The minimum Gasteiger partial charge on any atom is -0.459 e. The maximum absolute atomic E-state index is 12.1. The van der Waals surface area contributed by atoms with E-state index in [1.54, 1.807) is 0 Å². The van der Waals surface area contributed by atoms with Crippen LogP contribution in [0.4, 0.5) is 0 Å². The maximum Gasteiger partial charge on any atom is 0.346 e. The van der Waals surface area contributed by atoms with E-state index >= 15 is 0 Å². The molecule has 2 rings (SSSR count). The van der Waals surface area contributed by atoms with Crippen LogP contribution in [0, 0.1) is 17.8 Å². The van der Waals surface area contributed by atoms with Crippen molar-refractivity contribution in [3.8, 4) is 0 Å². The fraction of sp³-hybridized carbons (Fsp3) is 0.929. The predicted octanol–water partition coefficient (Wildman–Crippen LogP) is 2.40. The van der Waals surface area contributed by atoms with Crippen LogP contribution in [0.3, 0.4) is 0 Å². The van der Waals surface area contributed by atoms with Crippen molar-refractivity contribution in [1.29, 1.82) is 0 Å². The molecule has 1 aliphatic heterocycles. The first kappa shape index (κ1) is 15.1. The van der Waals surface area contributed by atoms with E-state index in [2.05, 4.69) is 20.8 Å². The van der Waals surface area contributed by atoms with Crippen LogP contribution < -0.4 is 0 Å². The molecule has 1 saturated carbocycles. The van der Waals surface area contributed by atoms with Gasteiger partial charge in [-0.1, -0.05) is 27.2 Å². The summed E-state index contributed by atoms with van der Waals surface area (Å²) in [4.78, 5) is 12.1. The Hall–Kier alpha value is -0.260. The number of carbonyl (C=O) groups excluding carboxylic acids is 1. The summed E-state index contributed by atoms with van der Waals surface area (Å²) in [5.41, 5.74) is -0.653. The molecule has 5 atom stereocenters. The van der Waals surface area contributed by atoms with Crippen LogP contribution in [0.2, 0.25) is 0 Å². The van der Waals surface area contributed by atoms with Gasteiger partial charge in [0.15, 0.2) is 6.29 Å². The number of thioether (sulfide) groups is 1. The van der Waals surface area contributed by atoms with Crippen molar-refractivity contribution in [1.82, 2.24) is 0 Å². The fourth-order valence-electron chi connectivity index (χ4n) is 2.97. The maximum atomic E-state index is 12.1. The molecular weight excluding hydrogens is 264 g/mol. The molecule has 110 valence electrons. The third-order valence-corrected chi connectivity index (χ3v) is 5.18. The van der Waals surface area contributed by atoms with Crippen LogP contribution in [0.15, 0.2) is 0 Å². The SMILES string of the molecule is CC1CCC(C(C)C)[C@H](OC(=O)[C@H]2O[C@@H](O)CS2)C1. The van der Waals surface area contributed by atoms with Crippen molar-refractivity contribution in [3.05, 3.63) is 0 Å². The summed E-state index contributed by atoms with van der Waals surface area (Å²) in [6.45, 7) is 6.58. The average Bonchev–Trinajstić information content (AvgIpc) is 2.75. The number of rotatable bonds is 3. The molecule has 2 fully saturated rings. The summed E-state index contributed by atoms with van der Waals surface area (Å²) in [5.74, 6) is 1.68. The largest absolute Gasteiger partial charge is 0.459 e. The number of aliphatic hydroxyl groups is 1. The van der Waals surface area contributed by atoms with Gasteiger partial charge in [0.05, 0.1) is 0 Å². The van der Waals surface area contributed by atoms with E-state index < -0.39 is 11.7 Å². The first-order valence-electron chi connectivity index (χ1n) is 7.13. The van der Waals surface area contributed by atoms with Crippen molar-refractivity contribution in [2.45, 2.75) is 57.9 Å². The number of carbonyl (C=O) groups is 1. The average molecular weight is 288 g/mol.